The summed E-state index contributed by atoms with van der Waals surface area (Å²) in [4.78, 5) is 16.3. The van der Waals surface area contributed by atoms with Crippen LogP contribution in [0.3, 0.4) is 0 Å². The average molecular weight is 804 g/mol. The number of pyridine rings is 1. The second kappa shape index (κ2) is 22.0. The molecule has 0 unspecified atom stereocenters. The van der Waals surface area contributed by atoms with Gasteiger partial charge in [0.1, 0.15) is 0 Å². The maximum absolute atomic E-state index is 5.53. The number of para-hydroxylation sites is 2. The van der Waals surface area contributed by atoms with Gasteiger partial charge < -0.3 is 37.2 Å². The molecule has 0 saturated heterocycles. The van der Waals surface area contributed by atoms with Crippen molar-refractivity contribution < 1.29 is 54.3 Å². The standard InChI is InChI=1S/C45H59N3.3ClH.Fe/c1-32(46-44-38(34-18-7-3-8-19-34)26-15-27-39(44)35-20-9-4-10-21-35)42-30-17-31-43(48-42)33(2)47-45-40(36-22-11-5-12-23-36)28-16-29-41(45)37-24-13-6-14-25-37;;;;/h15-17,26-31,34-37H,3-14,18-25H2,1-2H3;3*1H;/q;;;;+3/p-3. The zero-order chi connectivity index (χ0) is 32.7. The molecule has 0 aliphatic heterocycles. The Morgan fingerprint density at radius 2 is 0.673 bits per heavy atom. The average Bonchev–Trinajstić information content (AvgIpc) is 3.16. The largest absolute Gasteiger partial charge is 3.00 e. The van der Waals surface area contributed by atoms with Gasteiger partial charge in [0.25, 0.3) is 0 Å². The van der Waals surface area contributed by atoms with Crippen molar-refractivity contribution in [1.29, 1.82) is 0 Å². The van der Waals surface area contributed by atoms with Gasteiger partial charge in [-0.25, -0.2) is 4.98 Å². The molecule has 7 heteroatoms. The number of halogens is 3. The van der Waals surface area contributed by atoms with E-state index in [9.17, 15) is 0 Å². The minimum absolute atomic E-state index is 0. The van der Waals surface area contributed by atoms with E-state index in [-0.39, 0.29) is 54.3 Å². The molecule has 0 atom stereocenters. The number of aliphatic imine (C=N–C) groups is 2. The molecule has 4 saturated carbocycles. The predicted octanol–water partition coefficient (Wildman–Crippen LogP) is 4.56. The van der Waals surface area contributed by atoms with Gasteiger partial charge in [-0.2, -0.15) is 0 Å². The fourth-order valence-electron chi connectivity index (χ4n) is 9.68. The molecule has 1 heterocycles. The van der Waals surface area contributed by atoms with Gasteiger partial charge in [0, 0.05) is 0 Å². The zero-order valence-electron chi connectivity index (χ0n) is 31.5. The van der Waals surface area contributed by atoms with Crippen LogP contribution in [0.15, 0.2) is 64.6 Å². The molecule has 52 heavy (non-hydrogen) atoms. The van der Waals surface area contributed by atoms with Gasteiger partial charge in [-0.15, -0.1) is 0 Å². The quantitative estimate of drug-likeness (QED) is 0.243. The first kappa shape index (κ1) is 44.7. The van der Waals surface area contributed by atoms with Crippen molar-refractivity contribution in [3.63, 3.8) is 0 Å². The maximum Gasteiger partial charge on any atom is 3.00 e. The first-order valence-electron chi connectivity index (χ1n) is 20.0. The molecule has 4 aliphatic carbocycles. The van der Waals surface area contributed by atoms with Crippen molar-refractivity contribution in [2.45, 2.75) is 166 Å². The van der Waals surface area contributed by atoms with Crippen LogP contribution < -0.4 is 37.2 Å². The fourth-order valence-corrected chi connectivity index (χ4v) is 9.68. The van der Waals surface area contributed by atoms with Crippen LogP contribution in [0.4, 0.5) is 11.4 Å². The molecule has 3 nitrogen and oxygen atoms in total. The molecule has 0 bridgehead atoms. The molecule has 4 aliphatic rings. The van der Waals surface area contributed by atoms with Gasteiger partial charge in [-0.3, -0.25) is 9.98 Å². The van der Waals surface area contributed by atoms with Crippen molar-refractivity contribution in [2.24, 2.45) is 9.98 Å². The van der Waals surface area contributed by atoms with E-state index >= 15 is 0 Å². The Kier molecular flexibility index (Phi) is 18.9. The number of hydrogen-bond donors (Lipinski definition) is 0. The van der Waals surface area contributed by atoms with Crippen LogP contribution in [0.2, 0.25) is 0 Å². The summed E-state index contributed by atoms with van der Waals surface area (Å²) in [5.41, 5.74) is 12.5. The molecule has 4 fully saturated rings. The Balaban J connectivity index is 0.00000182. The molecule has 1 radical (unpaired) electrons. The smallest absolute Gasteiger partial charge is 1.00 e. The SMILES string of the molecule is CC(=Nc1c(C2CCCCC2)cccc1C1CCCCC1)c1cccc(C(C)=Nc2c(C3CCCCC3)cccc2C2CCCCC2)n1.[Cl-].[Cl-].[Cl-].[Fe+3]. The molecule has 283 valence electrons. The zero-order valence-corrected chi connectivity index (χ0v) is 34.8. The summed E-state index contributed by atoms with van der Waals surface area (Å²) < 4.78 is 0. The first-order chi connectivity index (χ1) is 23.7. The van der Waals surface area contributed by atoms with Crippen molar-refractivity contribution in [2.75, 3.05) is 0 Å². The number of rotatable bonds is 8. The van der Waals surface area contributed by atoms with Crippen LogP contribution in [0.25, 0.3) is 0 Å². The van der Waals surface area contributed by atoms with Crippen LogP contribution in [0.1, 0.15) is 200 Å². The van der Waals surface area contributed by atoms with Crippen LogP contribution in [0.5, 0.6) is 0 Å². The predicted molar refractivity (Wildman–Crippen MR) is 204 cm³/mol. The van der Waals surface area contributed by atoms with Gasteiger partial charge in [0.15, 0.2) is 0 Å². The van der Waals surface area contributed by atoms with Gasteiger partial charge in [-0.1, -0.05) is 120 Å². The summed E-state index contributed by atoms with van der Waals surface area (Å²) in [6.07, 6.45) is 26.6. The molecule has 0 N–H and O–H groups in total. The van der Waals surface area contributed by atoms with E-state index < -0.39 is 0 Å². The van der Waals surface area contributed by atoms with E-state index in [4.69, 9.17) is 15.0 Å². The second-order valence-corrected chi connectivity index (χ2v) is 15.7. The van der Waals surface area contributed by atoms with Crippen molar-refractivity contribution in [1.82, 2.24) is 4.98 Å². The third-order valence-corrected chi connectivity index (χ3v) is 12.4. The van der Waals surface area contributed by atoms with Gasteiger partial charge in [0.05, 0.1) is 34.2 Å². The molecule has 0 amide bonds. The third kappa shape index (κ3) is 10.8. The van der Waals surface area contributed by atoms with Crippen LogP contribution in [0, 0.1) is 0 Å². The molecular formula is C45H59Cl3FeN3. The monoisotopic (exact) mass is 802 g/mol. The van der Waals surface area contributed by atoms with Crippen LogP contribution in [-0.2, 0) is 17.1 Å². The maximum atomic E-state index is 5.53. The molecule has 2 aromatic carbocycles. The summed E-state index contributed by atoms with van der Waals surface area (Å²) in [6.45, 7) is 4.36. The summed E-state index contributed by atoms with van der Waals surface area (Å²) in [5, 5.41) is 0. The Labute approximate surface area is 344 Å². The van der Waals surface area contributed by atoms with E-state index in [1.54, 1.807) is 0 Å². The molecule has 1 aromatic heterocycles. The minimum atomic E-state index is 0. The van der Waals surface area contributed by atoms with Crippen molar-refractivity contribution in [3.05, 3.63) is 88.2 Å². The summed E-state index contributed by atoms with van der Waals surface area (Å²) in [7, 11) is 0. The van der Waals surface area contributed by atoms with Crippen molar-refractivity contribution in [3.8, 4) is 0 Å². The Morgan fingerprint density at radius 1 is 0.423 bits per heavy atom. The second-order valence-electron chi connectivity index (χ2n) is 15.7. The number of aromatic nitrogens is 1. The molecule has 0 spiro atoms. The number of nitrogens with zero attached hydrogens (tertiary/aromatic N) is 3. The van der Waals surface area contributed by atoms with Crippen LogP contribution >= 0.6 is 0 Å². The Bertz CT molecular complexity index is 1410. The first-order valence-corrected chi connectivity index (χ1v) is 20.0. The van der Waals surface area contributed by atoms with E-state index in [1.807, 2.05) is 0 Å². The Morgan fingerprint density at radius 3 is 0.942 bits per heavy atom. The molecule has 3 aromatic rings. The number of hydrogen-bond acceptors (Lipinski definition) is 3. The summed E-state index contributed by atoms with van der Waals surface area (Å²) in [5.74, 6) is 2.52. The summed E-state index contributed by atoms with van der Waals surface area (Å²) >= 11 is 0. The van der Waals surface area contributed by atoms with Gasteiger partial charge in [0.2, 0.25) is 0 Å². The van der Waals surface area contributed by atoms with E-state index in [1.165, 1.54) is 162 Å². The van der Waals surface area contributed by atoms with E-state index in [2.05, 4.69) is 68.4 Å². The Hall–Kier alpha value is -1.68. The number of benzene rings is 2. The fraction of sp³-hybridized carbons (Fsp3) is 0.578. The van der Waals surface area contributed by atoms with E-state index in [0.717, 1.165) is 22.8 Å². The summed E-state index contributed by atoms with van der Waals surface area (Å²) in [6, 6.07) is 20.7. The normalized spacial score (nSPS) is 19.8. The minimum Gasteiger partial charge on any atom is -1.00 e. The van der Waals surface area contributed by atoms with E-state index in [0.29, 0.717) is 23.7 Å². The topological polar surface area (TPSA) is 37.6 Å². The van der Waals surface area contributed by atoms with Crippen LogP contribution in [-0.4, -0.2) is 16.4 Å². The third-order valence-electron chi connectivity index (χ3n) is 12.4. The van der Waals surface area contributed by atoms with Gasteiger partial charge >= 0.3 is 17.1 Å². The molecular weight excluding hydrogens is 745 g/mol. The van der Waals surface area contributed by atoms with Gasteiger partial charge in [-0.05, 0) is 123 Å². The van der Waals surface area contributed by atoms with Crippen molar-refractivity contribution >= 4 is 22.8 Å². The molecule has 7 rings (SSSR count).